The third-order valence-corrected chi connectivity index (χ3v) is 3.19. The Hall–Kier alpha value is -0.610. The van der Waals surface area contributed by atoms with E-state index in [4.69, 9.17) is 5.73 Å². The average molecular weight is 214 g/mol. The van der Waals surface area contributed by atoms with E-state index in [9.17, 15) is 9.90 Å². The molecule has 0 spiro atoms. The average Bonchev–Trinajstić information content (AvgIpc) is 2.25. The molecule has 2 unspecified atom stereocenters. The number of nitrogens with two attached hydrogens (primary N) is 1. The Balaban J connectivity index is 2.65. The molecule has 4 heteroatoms. The van der Waals surface area contributed by atoms with E-state index < -0.39 is 5.97 Å². The maximum Gasteiger partial charge on any atom is 0.320 e. The molecule has 0 bridgehead atoms. The molecule has 1 heterocycles. The Morgan fingerprint density at radius 3 is 2.87 bits per heavy atom. The summed E-state index contributed by atoms with van der Waals surface area (Å²) >= 11 is 0. The van der Waals surface area contributed by atoms with Gasteiger partial charge in [0.25, 0.3) is 0 Å². The molecule has 1 aliphatic heterocycles. The lowest BCUT2D eigenvalue weighted by atomic mass is 9.98. The molecule has 1 saturated heterocycles. The summed E-state index contributed by atoms with van der Waals surface area (Å²) in [5.41, 5.74) is 5.69. The van der Waals surface area contributed by atoms with Crippen LogP contribution in [0.25, 0.3) is 0 Å². The molecule has 0 aromatic rings. The van der Waals surface area contributed by atoms with Gasteiger partial charge in [0.05, 0.1) is 0 Å². The number of hydrogen-bond acceptors (Lipinski definition) is 3. The van der Waals surface area contributed by atoms with Crippen molar-refractivity contribution in [3.63, 3.8) is 0 Å². The lowest BCUT2D eigenvalue weighted by Crippen LogP contribution is -2.52. The van der Waals surface area contributed by atoms with E-state index in [1.165, 1.54) is 6.42 Å². The summed E-state index contributed by atoms with van der Waals surface area (Å²) in [5, 5.41) is 9.19. The van der Waals surface area contributed by atoms with Crippen molar-refractivity contribution in [2.24, 2.45) is 5.73 Å². The second-order valence-corrected chi connectivity index (χ2v) is 4.27. The highest BCUT2D eigenvalue weighted by atomic mass is 16.4. The topological polar surface area (TPSA) is 66.6 Å². The summed E-state index contributed by atoms with van der Waals surface area (Å²) in [6.07, 6.45) is 4.96. The van der Waals surface area contributed by atoms with Crippen molar-refractivity contribution >= 4 is 5.97 Å². The zero-order valence-corrected chi connectivity index (χ0v) is 9.48. The molecule has 4 nitrogen and oxygen atoms in total. The van der Waals surface area contributed by atoms with Crippen LogP contribution >= 0.6 is 0 Å². The second kappa shape index (κ2) is 6.08. The van der Waals surface area contributed by atoms with Crippen LogP contribution < -0.4 is 5.73 Å². The Morgan fingerprint density at radius 1 is 1.60 bits per heavy atom. The molecule has 1 fully saturated rings. The Labute approximate surface area is 91.4 Å². The van der Waals surface area contributed by atoms with Gasteiger partial charge in [-0.05, 0) is 25.8 Å². The van der Waals surface area contributed by atoms with E-state index >= 15 is 0 Å². The number of carbonyl (C=O) groups is 1. The van der Waals surface area contributed by atoms with Gasteiger partial charge in [0.1, 0.15) is 6.04 Å². The molecule has 0 aromatic carbocycles. The van der Waals surface area contributed by atoms with E-state index in [0.29, 0.717) is 6.54 Å². The van der Waals surface area contributed by atoms with E-state index in [1.807, 2.05) is 6.92 Å². The van der Waals surface area contributed by atoms with Crippen molar-refractivity contribution in [3.8, 4) is 0 Å². The molecule has 0 amide bonds. The number of rotatable bonds is 5. The van der Waals surface area contributed by atoms with Crippen molar-refractivity contribution < 1.29 is 9.90 Å². The highest BCUT2D eigenvalue weighted by Crippen LogP contribution is 2.21. The number of carboxylic acids is 1. The molecule has 0 aromatic heterocycles. The standard InChI is InChI=1S/C11H22N2O2/c1-2-5-10(11(14)15)13-7-4-3-6-9(13)8-12/h9-10H,2-8,12H2,1H3,(H,14,15). The normalized spacial score (nSPS) is 25.1. The molecule has 0 radical (unpaired) electrons. The fourth-order valence-electron chi connectivity index (χ4n) is 2.39. The van der Waals surface area contributed by atoms with Crippen molar-refractivity contribution in [3.05, 3.63) is 0 Å². The minimum absolute atomic E-state index is 0.270. The van der Waals surface area contributed by atoms with Crippen LogP contribution in [0.5, 0.6) is 0 Å². The van der Waals surface area contributed by atoms with Crippen molar-refractivity contribution in [2.45, 2.75) is 51.1 Å². The van der Waals surface area contributed by atoms with Crippen LogP contribution in [0, 0.1) is 0 Å². The predicted molar refractivity (Wildman–Crippen MR) is 59.7 cm³/mol. The summed E-state index contributed by atoms with van der Waals surface area (Å²) in [4.78, 5) is 13.3. The van der Waals surface area contributed by atoms with Gasteiger partial charge in [-0.2, -0.15) is 0 Å². The van der Waals surface area contributed by atoms with Gasteiger partial charge in [-0.3, -0.25) is 9.69 Å². The summed E-state index contributed by atoms with van der Waals surface area (Å²) in [5.74, 6) is -0.697. The molecular weight excluding hydrogens is 192 g/mol. The van der Waals surface area contributed by atoms with Gasteiger partial charge in [-0.25, -0.2) is 0 Å². The molecule has 88 valence electrons. The van der Waals surface area contributed by atoms with Gasteiger partial charge in [-0.15, -0.1) is 0 Å². The number of carboxylic acid groups (broad SMARTS) is 1. The van der Waals surface area contributed by atoms with Crippen LogP contribution in [-0.2, 0) is 4.79 Å². The Bertz CT molecular complexity index is 209. The number of aliphatic carboxylic acids is 1. The summed E-state index contributed by atoms with van der Waals surface area (Å²) in [6, 6.07) is -0.0600. The summed E-state index contributed by atoms with van der Waals surface area (Å²) in [6.45, 7) is 3.49. The van der Waals surface area contributed by atoms with Gasteiger partial charge in [0, 0.05) is 12.6 Å². The Kier molecular flexibility index (Phi) is 5.05. The van der Waals surface area contributed by atoms with Crippen LogP contribution in [0.1, 0.15) is 39.0 Å². The number of nitrogens with zero attached hydrogens (tertiary/aromatic N) is 1. The largest absolute Gasteiger partial charge is 0.480 e. The predicted octanol–water partition coefficient (Wildman–Crippen LogP) is 1.05. The fourth-order valence-corrected chi connectivity index (χ4v) is 2.39. The maximum atomic E-state index is 11.2. The van der Waals surface area contributed by atoms with Gasteiger partial charge < -0.3 is 10.8 Å². The molecular formula is C11H22N2O2. The van der Waals surface area contributed by atoms with Crippen molar-refractivity contribution in [1.29, 1.82) is 0 Å². The van der Waals surface area contributed by atoms with Gasteiger partial charge in [0.15, 0.2) is 0 Å². The van der Waals surface area contributed by atoms with E-state index in [1.54, 1.807) is 0 Å². The van der Waals surface area contributed by atoms with Gasteiger partial charge >= 0.3 is 5.97 Å². The van der Waals surface area contributed by atoms with Crippen LogP contribution in [0.2, 0.25) is 0 Å². The SMILES string of the molecule is CCCC(C(=O)O)N1CCCCC1CN. The first-order chi connectivity index (χ1) is 7.20. The van der Waals surface area contributed by atoms with Crippen molar-refractivity contribution in [2.75, 3.05) is 13.1 Å². The quantitative estimate of drug-likeness (QED) is 0.718. The lowest BCUT2D eigenvalue weighted by molar-refractivity contribution is -0.145. The zero-order valence-electron chi connectivity index (χ0n) is 9.48. The fraction of sp³-hybridized carbons (Fsp3) is 0.909. The molecule has 0 saturated carbocycles. The molecule has 3 N–H and O–H groups in total. The van der Waals surface area contributed by atoms with Crippen LogP contribution in [0.15, 0.2) is 0 Å². The maximum absolute atomic E-state index is 11.2. The lowest BCUT2D eigenvalue weighted by Gasteiger charge is -2.38. The zero-order chi connectivity index (χ0) is 11.3. The van der Waals surface area contributed by atoms with Crippen molar-refractivity contribution in [1.82, 2.24) is 4.90 Å². The van der Waals surface area contributed by atoms with Crippen LogP contribution in [0.3, 0.4) is 0 Å². The van der Waals surface area contributed by atoms with Gasteiger partial charge in [0.2, 0.25) is 0 Å². The molecule has 2 atom stereocenters. The third kappa shape index (κ3) is 3.18. The van der Waals surface area contributed by atoms with E-state index in [-0.39, 0.29) is 12.1 Å². The molecule has 1 rings (SSSR count). The number of hydrogen-bond donors (Lipinski definition) is 2. The first-order valence-corrected chi connectivity index (χ1v) is 5.89. The highest BCUT2D eigenvalue weighted by Gasteiger charge is 2.31. The minimum Gasteiger partial charge on any atom is -0.480 e. The van der Waals surface area contributed by atoms with Crippen LogP contribution in [-0.4, -0.2) is 41.1 Å². The van der Waals surface area contributed by atoms with E-state index in [2.05, 4.69) is 4.90 Å². The van der Waals surface area contributed by atoms with Crippen LogP contribution in [0.4, 0.5) is 0 Å². The first-order valence-electron chi connectivity index (χ1n) is 5.89. The monoisotopic (exact) mass is 214 g/mol. The Morgan fingerprint density at radius 2 is 2.33 bits per heavy atom. The highest BCUT2D eigenvalue weighted by molar-refractivity contribution is 5.73. The number of likely N-dealkylation sites (tertiary alicyclic amines) is 1. The minimum atomic E-state index is -0.697. The second-order valence-electron chi connectivity index (χ2n) is 4.27. The first kappa shape index (κ1) is 12.5. The van der Waals surface area contributed by atoms with E-state index in [0.717, 1.165) is 32.2 Å². The summed E-state index contributed by atoms with van der Waals surface area (Å²) in [7, 11) is 0. The number of piperidine rings is 1. The molecule has 0 aliphatic carbocycles. The van der Waals surface area contributed by atoms with Gasteiger partial charge in [-0.1, -0.05) is 19.8 Å². The molecule has 1 aliphatic rings. The molecule has 15 heavy (non-hydrogen) atoms. The smallest absolute Gasteiger partial charge is 0.320 e. The summed E-state index contributed by atoms with van der Waals surface area (Å²) < 4.78 is 0. The third-order valence-electron chi connectivity index (χ3n) is 3.19.